The molecule has 1 aromatic heterocycles. The molecule has 0 spiro atoms. The van der Waals surface area contributed by atoms with Crippen molar-refractivity contribution in [3.8, 4) is 0 Å². The fourth-order valence-corrected chi connectivity index (χ4v) is 3.07. The van der Waals surface area contributed by atoms with Crippen LogP contribution in [-0.4, -0.2) is 51.4 Å². The number of amides is 2. The Balaban J connectivity index is 1.53. The number of benzene rings is 1. The Hall–Kier alpha value is -2.87. The van der Waals surface area contributed by atoms with Gasteiger partial charge in [0.05, 0.1) is 18.9 Å². The van der Waals surface area contributed by atoms with Crippen LogP contribution in [0.15, 0.2) is 36.5 Å². The molecule has 2 N–H and O–H groups in total. The number of aromatic nitrogens is 1. The van der Waals surface area contributed by atoms with E-state index in [4.69, 9.17) is 4.74 Å². The van der Waals surface area contributed by atoms with Gasteiger partial charge in [-0.25, -0.2) is 14.2 Å². The molecule has 2 aromatic rings. The fraction of sp³-hybridized carbons (Fsp3) is 0.400. The molecule has 1 saturated heterocycles. The summed E-state index contributed by atoms with van der Waals surface area (Å²) in [4.78, 5) is 20.5. The summed E-state index contributed by atoms with van der Waals surface area (Å²) in [5, 5.41) is 5.60. The second kappa shape index (κ2) is 9.36. The standard InChI is InChI=1S/C20H26FN5O2/c1-25(2)18-6-5-15(12-17(18)21)13-23-20(27)24-14-16-4-3-7-22-19(16)26-8-10-28-11-9-26/h3-7,12H,8-11,13-14H2,1-2H3,(H2,23,24,27). The number of halogens is 1. The Labute approximate surface area is 164 Å². The molecule has 2 heterocycles. The summed E-state index contributed by atoms with van der Waals surface area (Å²) in [7, 11) is 3.57. The molecule has 0 atom stereocenters. The van der Waals surface area contributed by atoms with Gasteiger partial charge < -0.3 is 25.2 Å². The van der Waals surface area contributed by atoms with Crippen molar-refractivity contribution in [3.05, 3.63) is 53.5 Å². The predicted octanol–water partition coefficient (Wildman–Crippen LogP) is 2.12. The number of anilines is 2. The van der Waals surface area contributed by atoms with Gasteiger partial charge in [0.25, 0.3) is 0 Å². The minimum Gasteiger partial charge on any atom is -0.378 e. The summed E-state index contributed by atoms with van der Waals surface area (Å²) < 4.78 is 19.4. The van der Waals surface area contributed by atoms with Crippen LogP contribution in [0.5, 0.6) is 0 Å². The molecule has 150 valence electrons. The lowest BCUT2D eigenvalue weighted by molar-refractivity contribution is 0.122. The van der Waals surface area contributed by atoms with Crippen LogP contribution in [0.25, 0.3) is 0 Å². The van der Waals surface area contributed by atoms with E-state index in [1.807, 2.05) is 12.1 Å². The lowest BCUT2D eigenvalue weighted by atomic mass is 10.2. The van der Waals surface area contributed by atoms with Crippen molar-refractivity contribution >= 4 is 17.5 Å². The zero-order valence-corrected chi connectivity index (χ0v) is 16.2. The van der Waals surface area contributed by atoms with Gasteiger partial charge in [-0.05, 0) is 23.8 Å². The molecule has 0 radical (unpaired) electrons. The first-order valence-electron chi connectivity index (χ1n) is 9.28. The predicted molar refractivity (Wildman–Crippen MR) is 107 cm³/mol. The lowest BCUT2D eigenvalue weighted by Gasteiger charge is -2.29. The molecule has 0 unspecified atom stereocenters. The second-order valence-electron chi connectivity index (χ2n) is 6.80. The van der Waals surface area contributed by atoms with Crippen LogP contribution in [-0.2, 0) is 17.8 Å². The Morgan fingerprint density at radius 3 is 2.68 bits per heavy atom. The van der Waals surface area contributed by atoms with E-state index >= 15 is 0 Å². The summed E-state index contributed by atoms with van der Waals surface area (Å²) in [6.45, 7) is 3.52. The van der Waals surface area contributed by atoms with E-state index in [1.54, 1.807) is 37.3 Å². The normalized spacial score (nSPS) is 13.9. The average molecular weight is 387 g/mol. The van der Waals surface area contributed by atoms with E-state index in [9.17, 15) is 9.18 Å². The van der Waals surface area contributed by atoms with Crippen molar-refractivity contribution in [3.63, 3.8) is 0 Å². The molecule has 0 saturated carbocycles. The van der Waals surface area contributed by atoms with Gasteiger partial charge in [-0.1, -0.05) is 12.1 Å². The number of hydrogen-bond donors (Lipinski definition) is 2. The van der Waals surface area contributed by atoms with Gasteiger partial charge in [-0.3, -0.25) is 0 Å². The van der Waals surface area contributed by atoms with Crippen LogP contribution >= 0.6 is 0 Å². The third kappa shape index (κ3) is 5.10. The molecular weight excluding hydrogens is 361 g/mol. The van der Waals surface area contributed by atoms with E-state index in [0.29, 0.717) is 31.0 Å². The highest BCUT2D eigenvalue weighted by molar-refractivity contribution is 5.74. The quantitative estimate of drug-likeness (QED) is 0.795. The first-order valence-corrected chi connectivity index (χ1v) is 9.28. The number of carbonyl (C=O) groups is 1. The third-order valence-electron chi connectivity index (χ3n) is 4.56. The molecule has 1 aromatic carbocycles. The zero-order valence-electron chi connectivity index (χ0n) is 16.2. The van der Waals surface area contributed by atoms with Gasteiger partial charge in [-0.15, -0.1) is 0 Å². The van der Waals surface area contributed by atoms with Crippen LogP contribution in [0.2, 0.25) is 0 Å². The summed E-state index contributed by atoms with van der Waals surface area (Å²) in [5.74, 6) is 0.558. The first-order chi connectivity index (χ1) is 13.5. The van der Waals surface area contributed by atoms with E-state index in [1.165, 1.54) is 6.07 Å². The zero-order chi connectivity index (χ0) is 19.9. The van der Waals surface area contributed by atoms with Crippen molar-refractivity contribution in [2.75, 3.05) is 50.2 Å². The molecule has 8 heteroatoms. The van der Waals surface area contributed by atoms with Gasteiger partial charge in [0.15, 0.2) is 0 Å². The van der Waals surface area contributed by atoms with Gasteiger partial charge in [0.2, 0.25) is 0 Å². The third-order valence-corrected chi connectivity index (χ3v) is 4.56. The number of carbonyl (C=O) groups excluding carboxylic acids is 1. The second-order valence-corrected chi connectivity index (χ2v) is 6.80. The Morgan fingerprint density at radius 1 is 1.21 bits per heavy atom. The largest absolute Gasteiger partial charge is 0.378 e. The van der Waals surface area contributed by atoms with Gasteiger partial charge in [-0.2, -0.15) is 0 Å². The molecule has 7 nitrogen and oxygen atoms in total. The Bertz CT molecular complexity index is 809. The van der Waals surface area contributed by atoms with Gasteiger partial charge in [0.1, 0.15) is 11.6 Å². The van der Waals surface area contributed by atoms with Crippen molar-refractivity contribution in [2.24, 2.45) is 0 Å². The summed E-state index contributed by atoms with van der Waals surface area (Å²) >= 11 is 0. The molecule has 3 rings (SSSR count). The molecule has 1 aliphatic heterocycles. The van der Waals surface area contributed by atoms with Crippen LogP contribution in [0, 0.1) is 5.82 Å². The topological polar surface area (TPSA) is 69.7 Å². The molecular formula is C20H26FN5O2. The van der Waals surface area contributed by atoms with Gasteiger partial charge in [0, 0.05) is 52.0 Å². The molecule has 28 heavy (non-hydrogen) atoms. The van der Waals surface area contributed by atoms with Crippen molar-refractivity contribution in [2.45, 2.75) is 13.1 Å². The van der Waals surface area contributed by atoms with Crippen LogP contribution in [0.4, 0.5) is 20.7 Å². The van der Waals surface area contributed by atoms with Crippen LogP contribution in [0.3, 0.4) is 0 Å². The number of rotatable bonds is 6. The lowest BCUT2D eigenvalue weighted by Crippen LogP contribution is -2.38. The number of urea groups is 1. The van der Waals surface area contributed by atoms with Gasteiger partial charge >= 0.3 is 6.03 Å². The number of morpholine rings is 1. The average Bonchev–Trinajstić information content (AvgIpc) is 2.71. The molecule has 2 amide bonds. The minimum atomic E-state index is -0.311. The number of ether oxygens (including phenoxy) is 1. The highest BCUT2D eigenvalue weighted by Crippen LogP contribution is 2.19. The monoisotopic (exact) mass is 387 g/mol. The molecule has 1 fully saturated rings. The molecule has 1 aliphatic rings. The van der Waals surface area contributed by atoms with Crippen molar-refractivity contribution in [1.82, 2.24) is 15.6 Å². The van der Waals surface area contributed by atoms with E-state index in [2.05, 4.69) is 20.5 Å². The van der Waals surface area contributed by atoms with E-state index < -0.39 is 0 Å². The number of pyridine rings is 1. The van der Waals surface area contributed by atoms with Crippen LogP contribution < -0.4 is 20.4 Å². The maximum atomic E-state index is 14.0. The molecule has 0 bridgehead atoms. The first kappa shape index (κ1) is 19.9. The highest BCUT2D eigenvalue weighted by Gasteiger charge is 2.16. The number of nitrogens with one attached hydrogen (secondary N) is 2. The maximum absolute atomic E-state index is 14.0. The smallest absolute Gasteiger partial charge is 0.315 e. The SMILES string of the molecule is CN(C)c1ccc(CNC(=O)NCc2cccnc2N2CCOCC2)cc1F. The minimum absolute atomic E-state index is 0.250. The summed E-state index contributed by atoms with van der Waals surface area (Å²) in [6.07, 6.45) is 1.75. The maximum Gasteiger partial charge on any atom is 0.315 e. The van der Waals surface area contributed by atoms with Crippen molar-refractivity contribution < 1.29 is 13.9 Å². The van der Waals surface area contributed by atoms with Crippen LogP contribution in [0.1, 0.15) is 11.1 Å². The summed E-state index contributed by atoms with van der Waals surface area (Å²) in [5.41, 5.74) is 2.16. The fourth-order valence-electron chi connectivity index (χ4n) is 3.07. The van der Waals surface area contributed by atoms with E-state index in [0.717, 1.165) is 24.5 Å². The number of hydrogen-bond acceptors (Lipinski definition) is 5. The van der Waals surface area contributed by atoms with Crippen molar-refractivity contribution in [1.29, 1.82) is 0 Å². The van der Waals surface area contributed by atoms with E-state index in [-0.39, 0.29) is 18.4 Å². The molecule has 0 aliphatic carbocycles. The summed E-state index contributed by atoms with van der Waals surface area (Å²) in [6, 6.07) is 8.44. The Kier molecular flexibility index (Phi) is 6.65. The highest BCUT2D eigenvalue weighted by atomic mass is 19.1. The number of nitrogens with zero attached hydrogens (tertiary/aromatic N) is 3. The Morgan fingerprint density at radius 2 is 1.96 bits per heavy atom.